The number of rotatable bonds is 8. The van der Waals surface area contributed by atoms with Gasteiger partial charge in [0.1, 0.15) is 0 Å². The van der Waals surface area contributed by atoms with Gasteiger partial charge in [0.2, 0.25) is 11.8 Å². The van der Waals surface area contributed by atoms with E-state index >= 15 is 0 Å². The van der Waals surface area contributed by atoms with Gasteiger partial charge in [0.25, 0.3) is 0 Å². The van der Waals surface area contributed by atoms with Crippen LogP contribution in [0.3, 0.4) is 0 Å². The van der Waals surface area contributed by atoms with Gasteiger partial charge < -0.3 is 29.6 Å². The molecule has 12 heteroatoms. The normalized spacial score (nSPS) is 20.3. The molecule has 0 radical (unpaired) electrons. The van der Waals surface area contributed by atoms with E-state index < -0.39 is 35.3 Å². The quantitative estimate of drug-likeness (QED) is 0.298. The fourth-order valence-electron chi connectivity index (χ4n) is 4.74. The van der Waals surface area contributed by atoms with Crippen molar-refractivity contribution in [1.29, 1.82) is 0 Å². The number of imide groups is 2. The van der Waals surface area contributed by atoms with Crippen LogP contribution < -0.4 is 40.2 Å². The molecule has 2 aromatic carbocycles. The molecule has 0 aliphatic carbocycles. The topological polar surface area (TPSA) is 136 Å². The van der Waals surface area contributed by atoms with Crippen molar-refractivity contribution in [3.63, 3.8) is 0 Å². The van der Waals surface area contributed by atoms with E-state index in [0.717, 1.165) is 0 Å². The summed E-state index contributed by atoms with van der Waals surface area (Å²) in [5.41, 5.74) is -0.842. The zero-order valence-corrected chi connectivity index (χ0v) is 21.6. The third kappa shape index (κ3) is 4.48. The van der Waals surface area contributed by atoms with Gasteiger partial charge in [-0.2, -0.15) is 0 Å². The Morgan fingerprint density at radius 2 is 1.19 bits per heavy atom. The van der Waals surface area contributed by atoms with Crippen molar-refractivity contribution in [2.75, 3.05) is 27.4 Å². The first-order valence-corrected chi connectivity index (χ1v) is 12.1. The number of thiocarbonyl (C=S) groups is 1. The lowest BCUT2D eigenvalue weighted by Gasteiger charge is -2.49. The molecule has 2 aromatic rings. The fraction of sp³-hybridized carbons (Fsp3) is 0.360. The van der Waals surface area contributed by atoms with Gasteiger partial charge in [-0.05, 0) is 61.5 Å². The van der Waals surface area contributed by atoms with Gasteiger partial charge in [-0.15, -0.1) is 0 Å². The number of urea groups is 1. The van der Waals surface area contributed by atoms with Crippen LogP contribution in [0.5, 0.6) is 23.0 Å². The third-order valence-corrected chi connectivity index (χ3v) is 6.54. The highest BCUT2D eigenvalue weighted by molar-refractivity contribution is 7.80. The summed E-state index contributed by atoms with van der Waals surface area (Å²) in [6.45, 7) is 4.53. The molecular weight excluding hydrogens is 500 g/mol. The van der Waals surface area contributed by atoms with Crippen molar-refractivity contribution < 1.29 is 33.3 Å². The SMILES string of the molecule is CCOc1ccc([C@H]2NC(=S)N[C@@H](c3ccc(OCC)c(OC)c3)C23C(=O)NC(=O)NC3=O)cc1OC. The maximum Gasteiger partial charge on any atom is 0.328 e. The fourth-order valence-corrected chi connectivity index (χ4v) is 4.98. The molecule has 4 rings (SSSR count). The molecule has 2 heterocycles. The number of methoxy groups -OCH3 is 2. The molecule has 1 spiro atoms. The summed E-state index contributed by atoms with van der Waals surface area (Å²) in [6, 6.07) is 7.29. The highest BCUT2D eigenvalue weighted by atomic mass is 32.1. The first-order chi connectivity index (χ1) is 17.8. The minimum atomic E-state index is -1.88. The van der Waals surface area contributed by atoms with E-state index in [1.807, 2.05) is 13.8 Å². The van der Waals surface area contributed by atoms with Crippen LogP contribution >= 0.6 is 12.2 Å². The first kappa shape index (κ1) is 26.0. The van der Waals surface area contributed by atoms with Crippen molar-refractivity contribution in [3.8, 4) is 23.0 Å². The zero-order valence-electron chi connectivity index (χ0n) is 20.8. The van der Waals surface area contributed by atoms with Gasteiger partial charge in [0.05, 0.1) is 39.5 Å². The van der Waals surface area contributed by atoms with Crippen molar-refractivity contribution in [1.82, 2.24) is 21.3 Å². The molecule has 4 amide bonds. The molecule has 2 fully saturated rings. The van der Waals surface area contributed by atoms with E-state index in [-0.39, 0.29) is 5.11 Å². The van der Waals surface area contributed by atoms with E-state index in [1.165, 1.54) is 14.2 Å². The molecule has 2 atom stereocenters. The molecule has 0 unspecified atom stereocenters. The van der Waals surface area contributed by atoms with Gasteiger partial charge >= 0.3 is 6.03 Å². The van der Waals surface area contributed by atoms with Crippen molar-refractivity contribution >= 4 is 35.2 Å². The van der Waals surface area contributed by atoms with Crippen molar-refractivity contribution in [2.24, 2.45) is 5.41 Å². The summed E-state index contributed by atoms with van der Waals surface area (Å²) < 4.78 is 22.2. The maximum atomic E-state index is 13.7. The zero-order chi connectivity index (χ0) is 26.7. The molecule has 0 aromatic heterocycles. The second kappa shape index (κ2) is 10.5. The average molecular weight is 529 g/mol. The molecular formula is C25H28N4O7S. The highest BCUT2D eigenvalue weighted by Crippen LogP contribution is 2.50. The van der Waals surface area contributed by atoms with Crippen molar-refractivity contribution in [2.45, 2.75) is 25.9 Å². The Morgan fingerprint density at radius 3 is 1.57 bits per heavy atom. The smallest absolute Gasteiger partial charge is 0.328 e. The molecule has 11 nitrogen and oxygen atoms in total. The number of carbonyl (C=O) groups excluding carboxylic acids is 3. The summed E-state index contributed by atoms with van der Waals surface area (Å²) in [4.78, 5) is 39.5. The predicted molar refractivity (Wildman–Crippen MR) is 137 cm³/mol. The third-order valence-electron chi connectivity index (χ3n) is 6.31. The number of nitrogens with one attached hydrogen (secondary N) is 4. The van der Waals surface area contributed by atoms with Crippen LogP contribution in [0.4, 0.5) is 4.79 Å². The Kier molecular flexibility index (Phi) is 7.39. The molecule has 0 bridgehead atoms. The van der Waals surface area contributed by atoms with Gasteiger partial charge in [0.15, 0.2) is 33.5 Å². The standard InChI is InChI=1S/C25H28N4O7S/c1-5-35-15-9-7-13(11-17(15)33-3)19-25(21(30)28-23(32)29-22(25)31)20(27-24(37)26-19)14-8-10-16(36-6-2)18(12-14)34-4/h7-12,19-20H,5-6H2,1-4H3,(H2,26,27,37)(H2,28,29,30,31,32)/t19-,20+. The summed E-state index contributed by atoms with van der Waals surface area (Å²) in [7, 11) is 2.98. The molecule has 2 saturated heterocycles. The van der Waals surface area contributed by atoms with Gasteiger partial charge in [-0.25, -0.2) is 4.79 Å². The van der Waals surface area contributed by atoms with Crippen LogP contribution in [0, 0.1) is 5.41 Å². The van der Waals surface area contributed by atoms with E-state index in [0.29, 0.717) is 47.3 Å². The number of carbonyl (C=O) groups is 3. The second-order valence-corrected chi connectivity index (χ2v) is 8.69. The van der Waals surface area contributed by atoms with E-state index in [4.69, 9.17) is 31.2 Å². The lowest BCUT2D eigenvalue weighted by molar-refractivity contribution is -0.149. The number of amides is 4. The molecule has 0 saturated carbocycles. The van der Waals surface area contributed by atoms with Crippen LogP contribution in [-0.2, 0) is 9.59 Å². The lowest BCUT2D eigenvalue weighted by atomic mass is 9.65. The molecule has 2 aliphatic rings. The van der Waals surface area contributed by atoms with Crippen molar-refractivity contribution in [3.05, 3.63) is 47.5 Å². The number of benzene rings is 2. The van der Waals surface area contributed by atoms with Gasteiger partial charge in [0, 0.05) is 0 Å². The minimum absolute atomic E-state index is 0.207. The largest absolute Gasteiger partial charge is 0.493 e. The second-order valence-electron chi connectivity index (χ2n) is 8.28. The Hall–Kier alpha value is -4.06. The summed E-state index contributed by atoms with van der Waals surface area (Å²) in [6.07, 6.45) is 0. The number of hydrogen-bond acceptors (Lipinski definition) is 8. The Labute approximate surface area is 219 Å². The molecule has 4 N–H and O–H groups in total. The Bertz CT molecular complexity index is 1160. The van der Waals surface area contributed by atoms with E-state index in [1.54, 1.807) is 36.4 Å². The average Bonchev–Trinajstić information content (AvgIpc) is 2.88. The van der Waals surface area contributed by atoms with Crippen LogP contribution in [-0.4, -0.2) is 50.4 Å². The number of barbiturate groups is 1. The molecule has 37 heavy (non-hydrogen) atoms. The monoisotopic (exact) mass is 528 g/mol. The Balaban J connectivity index is 1.92. The molecule has 2 aliphatic heterocycles. The van der Waals surface area contributed by atoms with E-state index in [9.17, 15) is 14.4 Å². The van der Waals surface area contributed by atoms with Gasteiger partial charge in [-0.3, -0.25) is 20.2 Å². The first-order valence-electron chi connectivity index (χ1n) is 11.6. The molecule has 196 valence electrons. The van der Waals surface area contributed by atoms with Crippen LogP contribution in [0.15, 0.2) is 36.4 Å². The number of ether oxygens (including phenoxy) is 4. The Morgan fingerprint density at radius 1 is 0.757 bits per heavy atom. The van der Waals surface area contributed by atoms with Crippen LogP contribution in [0.2, 0.25) is 0 Å². The van der Waals surface area contributed by atoms with Gasteiger partial charge in [-0.1, -0.05) is 12.1 Å². The minimum Gasteiger partial charge on any atom is -0.493 e. The van der Waals surface area contributed by atoms with Crippen LogP contribution in [0.25, 0.3) is 0 Å². The predicted octanol–water partition coefficient (Wildman–Crippen LogP) is 2.11. The summed E-state index contributed by atoms with van der Waals surface area (Å²) in [5.74, 6) is 0.235. The summed E-state index contributed by atoms with van der Waals surface area (Å²) in [5, 5.41) is 10.9. The number of hydrogen-bond donors (Lipinski definition) is 4. The lowest BCUT2D eigenvalue weighted by Crippen LogP contribution is -2.73. The maximum absolute atomic E-state index is 13.7. The summed E-state index contributed by atoms with van der Waals surface area (Å²) >= 11 is 5.51. The van der Waals surface area contributed by atoms with E-state index in [2.05, 4.69) is 21.3 Å². The van der Waals surface area contributed by atoms with Crippen LogP contribution in [0.1, 0.15) is 37.1 Å². The highest BCUT2D eigenvalue weighted by Gasteiger charge is 2.64.